The first-order valence-electron chi connectivity index (χ1n) is 13.0. The van der Waals surface area contributed by atoms with Crippen molar-refractivity contribution < 1.29 is 14.9 Å². The van der Waals surface area contributed by atoms with Gasteiger partial charge < -0.3 is 14.9 Å². The summed E-state index contributed by atoms with van der Waals surface area (Å²) in [6.07, 6.45) is 8.49. The Bertz CT molecular complexity index is 1080. The van der Waals surface area contributed by atoms with E-state index < -0.39 is 0 Å². The molecule has 34 heavy (non-hydrogen) atoms. The molecule has 3 aromatic carbocycles. The summed E-state index contributed by atoms with van der Waals surface area (Å²) in [4.78, 5) is 2.50. The van der Waals surface area contributed by atoms with Crippen LogP contribution in [0.1, 0.15) is 67.6 Å². The van der Waals surface area contributed by atoms with Crippen LogP contribution in [0.15, 0.2) is 54.6 Å². The molecule has 4 heteroatoms. The standard InChI is InChI=1S/C30H37NO3/c32-25-9-6-23(7-10-25)28-14-8-24-21-26(33)11-15-29(24)30(28)20-22-4-12-27(13-5-22)34-19-18-31-16-2-1-3-17-31/h4-5,8,11-15,21,23,25,32-33H,1-3,6-7,9-10,16-20H2. The first-order valence-corrected chi connectivity index (χ1v) is 13.0. The third-order valence-electron chi connectivity index (χ3n) is 7.72. The predicted octanol–water partition coefficient (Wildman–Crippen LogP) is 6.02. The van der Waals surface area contributed by atoms with E-state index >= 15 is 0 Å². The van der Waals surface area contributed by atoms with Crippen LogP contribution in [0.5, 0.6) is 11.5 Å². The van der Waals surface area contributed by atoms with E-state index in [9.17, 15) is 10.2 Å². The van der Waals surface area contributed by atoms with Crippen molar-refractivity contribution in [1.29, 1.82) is 0 Å². The van der Waals surface area contributed by atoms with Crippen molar-refractivity contribution in [2.45, 2.75) is 63.4 Å². The molecule has 0 unspecified atom stereocenters. The minimum atomic E-state index is -0.153. The summed E-state index contributed by atoms with van der Waals surface area (Å²) in [5, 5.41) is 22.3. The molecule has 0 spiro atoms. The zero-order valence-electron chi connectivity index (χ0n) is 20.1. The molecule has 1 aliphatic carbocycles. The Labute approximate surface area is 203 Å². The summed E-state index contributed by atoms with van der Waals surface area (Å²) >= 11 is 0. The van der Waals surface area contributed by atoms with Gasteiger partial charge in [0.2, 0.25) is 0 Å². The van der Waals surface area contributed by atoms with Gasteiger partial charge in [-0.3, -0.25) is 4.90 Å². The van der Waals surface area contributed by atoms with Gasteiger partial charge in [-0.25, -0.2) is 0 Å². The lowest BCUT2D eigenvalue weighted by Gasteiger charge is -2.28. The molecule has 1 saturated heterocycles. The molecule has 0 amide bonds. The Kier molecular flexibility index (Phi) is 7.36. The summed E-state index contributed by atoms with van der Waals surface area (Å²) in [6.45, 7) is 4.15. The van der Waals surface area contributed by atoms with Crippen molar-refractivity contribution in [2.24, 2.45) is 0 Å². The molecule has 1 heterocycles. The van der Waals surface area contributed by atoms with Crippen LogP contribution in [0.3, 0.4) is 0 Å². The highest BCUT2D eigenvalue weighted by atomic mass is 16.5. The van der Waals surface area contributed by atoms with Gasteiger partial charge in [0.1, 0.15) is 18.1 Å². The minimum absolute atomic E-state index is 0.153. The Morgan fingerprint density at radius 1 is 0.853 bits per heavy atom. The average molecular weight is 460 g/mol. The number of aromatic hydroxyl groups is 1. The van der Waals surface area contributed by atoms with E-state index in [0.29, 0.717) is 11.7 Å². The zero-order chi connectivity index (χ0) is 23.3. The van der Waals surface area contributed by atoms with Crippen molar-refractivity contribution >= 4 is 10.8 Å². The number of benzene rings is 3. The molecule has 5 rings (SSSR count). The average Bonchev–Trinajstić information content (AvgIpc) is 2.86. The fourth-order valence-electron chi connectivity index (χ4n) is 5.75. The number of phenols is 1. The minimum Gasteiger partial charge on any atom is -0.508 e. The Hall–Kier alpha value is -2.56. The lowest BCUT2D eigenvalue weighted by molar-refractivity contribution is 0.122. The van der Waals surface area contributed by atoms with E-state index in [-0.39, 0.29) is 6.10 Å². The van der Waals surface area contributed by atoms with Gasteiger partial charge in [0, 0.05) is 6.54 Å². The second kappa shape index (κ2) is 10.8. The Balaban J connectivity index is 1.32. The third-order valence-corrected chi connectivity index (χ3v) is 7.72. The van der Waals surface area contributed by atoms with Gasteiger partial charge in [-0.2, -0.15) is 0 Å². The van der Waals surface area contributed by atoms with Crippen molar-refractivity contribution in [1.82, 2.24) is 4.90 Å². The normalized spacial score (nSPS) is 21.6. The maximum atomic E-state index is 10.00. The number of likely N-dealkylation sites (tertiary alicyclic amines) is 1. The number of fused-ring (bicyclic) bond motifs is 1. The smallest absolute Gasteiger partial charge is 0.119 e. The molecule has 0 radical (unpaired) electrons. The fraction of sp³-hybridized carbons (Fsp3) is 0.467. The molecule has 2 fully saturated rings. The van der Waals surface area contributed by atoms with Gasteiger partial charge in [-0.1, -0.05) is 36.8 Å². The van der Waals surface area contributed by atoms with E-state index in [4.69, 9.17) is 4.74 Å². The molecule has 0 bridgehead atoms. The number of piperidine rings is 1. The van der Waals surface area contributed by atoms with Crippen molar-refractivity contribution in [2.75, 3.05) is 26.2 Å². The lowest BCUT2D eigenvalue weighted by atomic mass is 9.79. The van der Waals surface area contributed by atoms with E-state index in [1.807, 2.05) is 6.07 Å². The second-order valence-electron chi connectivity index (χ2n) is 10.1. The van der Waals surface area contributed by atoms with Gasteiger partial charge in [-0.15, -0.1) is 0 Å². The molecular weight excluding hydrogens is 422 g/mol. The van der Waals surface area contributed by atoms with Crippen LogP contribution in [0.2, 0.25) is 0 Å². The van der Waals surface area contributed by atoms with Crippen molar-refractivity contribution in [3.05, 3.63) is 71.3 Å². The summed E-state index contributed by atoms with van der Waals surface area (Å²) < 4.78 is 6.03. The van der Waals surface area contributed by atoms with Crippen LogP contribution in [-0.4, -0.2) is 47.5 Å². The molecule has 2 N–H and O–H groups in total. The van der Waals surface area contributed by atoms with Crippen LogP contribution in [0.25, 0.3) is 10.8 Å². The van der Waals surface area contributed by atoms with Gasteiger partial charge in [0.05, 0.1) is 6.10 Å². The number of aliphatic hydroxyl groups is 1. The first kappa shape index (κ1) is 23.2. The van der Waals surface area contributed by atoms with Crippen LogP contribution < -0.4 is 4.74 Å². The number of nitrogens with zero attached hydrogens (tertiary/aromatic N) is 1. The fourth-order valence-corrected chi connectivity index (χ4v) is 5.75. The quantitative estimate of drug-likeness (QED) is 0.454. The van der Waals surface area contributed by atoms with E-state index in [2.05, 4.69) is 47.4 Å². The molecular formula is C30H37NO3. The number of phenolic OH excluding ortho intramolecular Hbond substituents is 1. The number of hydrogen-bond acceptors (Lipinski definition) is 4. The summed E-state index contributed by atoms with van der Waals surface area (Å²) in [7, 11) is 0. The van der Waals surface area contributed by atoms with Gasteiger partial charge in [0.15, 0.2) is 0 Å². The largest absolute Gasteiger partial charge is 0.508 e. The highest BCUT2D eigenvalue weighted by Gasteiger charge is 2.24. The third kappa shape index (κ3) is 5.56. The van der Waals surface area contributed by atoms with E-state index in [0.717, 1.165) is 56.4 Å². The van der Waals surface area contributed by atoms with E-state index in [1.54, 1.807) is 6.07 Å². The molecule has 3 aromatic rings. The SMILES string of the molecule is Oc1ccc2c(Cc3ccc(OCCN4CCCCC4)cc3)c(C3CCC(O)CC3)ccc2c1. The Morgan fingerprint density at radius 3 is 2.38 bits per heavy atom. The van der Waals surface area contributed by atoms with Crippen LogP contribution in [0.4, 0.5) is 0 Å². The molecule has 4 nitrogen and oxygen atoms in total. The number of hydrogen-bond donors (Lipinski definition) is 2. The molecule has 180 valence electrons. The number of ether oxygens (including phenoxy) is 1. The first-order chi connectivity index (χ1) is 16.7. The van der Waals surface area contributed by atoms with Crippen molar-refractivity contribution in [3.63, 3.8) is 0 Å². The summed E-state index contributed by atoms with van der Waals surface area (Å²) in [5.41, 5.74) is 4.01. The monoisotopic (exact) mass is 459 g/mol. The highest BCUT2D eigenvalue weighted by molar-refractivity contribution is 5.88. The highest BCUT2D eigenvalue weighted by Crippen LogP contribution is 2.38. The molecule has 1 saturated carbocycles. The second-order valence-corrected chi connectivity index (χ2v) is 10.1. The van der Waals surface area contributed by atoms with Crippen molar-refractivity contribution in [3.8, 4) is 11.5 Å². The lowest BCUT2D eigenvalue weighted by Crippen LogP contribution is -2.33. The molecule has 1 aliphatic heterocycles. The summed E-state index contributed by atoms with van der Waals surface area (Å²) in [5.74, 6) is 1.72. The van der Waals surface area contributed by atoms with Gasteiger partial charge in [0.25, 0.3) is 0 Å². The molecule has 2 aliphatic rings. The molecule has 0 aromatic heterocycles. The predicted molar refractivity (Wildman–Crippen MR) is 138 cm³/mol. The molecule has 0 atom stereocenters. The maximum absolute atomic E-state index is 10.00. The maximum Gasteiger partial charge on any atom is 0.119 e. The van der Waals surface area contributed by atoms with Gasteiger partial charge in [-0.05, 0) is 116 Å². The number of aliphatic hydroxyl groups excluding tert-OH is 1. The summed E-state index contributed by atoms with van der Waals surface area (Å²) in [6, 6.07) is 18.6. The van der Waals surface area contributed by atoms with Gasteiger partial charge >= 0.3 is 0 Å². The Morgan fingerprint density at radius 2 is 1.62 bits per heavy atom. The van der Waals surface area contributed by atoms with Crippen LogP contribution >= 0.6 is 0 Å². The zero-order valence-corrected chi connectivity index (χ0v) is 20.1. The van der Waals surface area contributed by atoms with Crippen LogP contribution in [0, 0.1) is 0 Å². The van der Waals surface area contributed by atoms with Crippen LogP contribution in [-0.2, 0) is 6.42 Å². The van der Waals surface area contributed by atoms with E-state index in [1.165, 1.54) is 54.4 Å². The topological polar surface area (TPSA) is 52.9 Å². The number of rotatable bonds is 7.